The molecule has 0 aromatic heterocycles. The summed E-state index contributed by atoms with van der Waals surface area (Å²) in [5.74, 6) is 0.342. The lowest BCUT2D eigenvalue weighted by Crippen LogP contribution is -2.45. The second-order valence-electron chi connectivity index (χ2n) is 6.38. The number of anilines is 1. The number of carbonyl (C=O) groups excluding carboxylic acids is 2. The van der Waals surface area contributed by atoms with Gasteiger partial charge in [-0.15, -0.1) is 0 Å². The summed E-state index contributed by atoms with van der Waals surface area (Å²) >= 11 is 1.22. The number of amides is 2. The van der Waals surface area contributed by atoms with Gasteiger partial charge in [0.25, 0.3) is 0 Å². The summed E-state index contributed by atoms with van der Waals surface area (Å²) in [4.78, 5) is 31.4. The van der Waals surface area contributed by atoms with Crippen molar-refractivity contribution in [2.45, 2.75) is 18.6 Å². The second-order valence-corrected chi connectivity index (χ2v) is 7.55. The maximum Gasteiger partial charge on any atom is 0.238 e. The second kappa shape index (κ2) is 8.12. The quantitative estimate of drug-likeness (QED) is 0.826. The van der Waals surface area contributed by atoms with Gasteiger partial charge in [-0.25, -0.2) is 9.38 Å². The monoisotopic (exact) mass is 415 g/mol. The van der Waals surface area contributed by atoms with Gasteiger partial charge < -0.3 is 14.8 Å². The van der Waals surface area contributed by atoms with Crippen LogP contribution in [0.3, 0.4) is 0 Å². The highest BCUT2D eigenvalue weighted by Gasteiger charge is 2.35. The Morgan fingerprint density at radius 1 is 1.24 bits per heavy atom. The van der Waals surface area contributed by atoms with Crippen LogP contribution in [-0.4, -0.2) is 40.5 Å². The minimum absolute atomic E-state index is 0.0612. The van der Waals surface area contributed by atoms with E-state index in [0.717, 1.165) is 0 Å². The predicted molar refractivity (Wildman–Crippen MR) is 108 cm³/mol. The van der Waals surface area contributed by atoms with Crippen LogP contribution in [0, 0.1) is 5.82 Å². The minimum atomic E-state index is -0.636. The lowest BCUT2D eigenvalue weighted by molar-refractivity contribution is -0.129. The molecule has 29 heavy (non-hydrogen) atoms. The fraction of sp³-hybridized carbons (Fsp3) is 0.250. The van der Waals surface area contributed by atoms with Crippen molar-refractivity contribution in [1.82, 2.24) is 4.90 Å². The fourth-order valence-electron chi connectivity index (χ4n) is 2.97. The summed E-state index contributed by atoms with van der Waals surface area (Å²) in [7, 11) is 0. The van der Waals surface area contributed by atoms with Crippen LogP contribution in [0.4, 0.5) is 15.8 Å². The first-order chi connectivity index (χ1) is 14.0. The largest absolute Gasteiger partial charge is 0.454 e. The van der Waals surface area contributed by atoms with Crippen molar-refractivity contribution in [3.05, 3.63) is 48.3 Å². The van der Waals surface area contributed by atoms with Crippen molar-refractivity contribution >= 4 is 40.1 Å². The van der Waals surface area contributed by atoms with Crippen LogP contribution in [0.5, 0.6) is 11.5 Å². The maximum absolute atomic E-state index is 13.1. The van der Waals surface area contributed by atoms with E-state index in [2.05, 4.69) is 10.3 Å². The van der Waals surface area contributed by atoms with Gasteiger partial charge in [0.1, 0.15) is 11.1 Å². The van der Waals surface area contributed by atoms with Crippen molar-refractivity contribution in [3.8, 4) is 11.5 Å². The molecule has 2 amide bonds. The van der Waals surface area contributed by atoms with Gasteiger partial charge in [-0.1, -0.05) is 11.8 Å². The number of amidine groups is 1. The Morgan fingerprint density at radius 3 is 2.76 bits per heavy atom. The van der Waals surface area contributed by atoms with Crippen molar-refractivity contribution < 1.29 is 23.5 Å². The van der Waals surface area contributed by atoms with E-state index < -0.39 is 5.25 Å². The van der Waals surface area contributed by atoms with Crippen molar-refractivity contribution in [1.29, 1.82) is 0 Å². The number of benzene rings is 2. The number of rotatable bonds is 4. The zero-order chi connectivity index (χ0) is 20.4. The molecule has 0 unspecified atom stereocenters. The van der Waals surface area contributed by atoms with E-state index in [1.54, 1.807) is 23.1 Å². The molecule has 0 aliphatic carbocycles. The first-order valence-corrected chi connectivity index (χ1v) is 9.93. The number of nitrogens with zero attached hydrogens (tertiary/aromatic N) is 2. The Kier molecular flexibility index (Phi) is 5.39. The van der Waals surface area contributed by atoms with E-state index in [9.17, 15) is 14.0 Å². The van der Waals surface area contributed by atoms with E-state index >= 15 is 0 Å². The number of thioether (sulfide) groups is 1. The molecule has 0 bridgehead atoms. The molecule has 7 nitrogen and oxygen atoms in total. The lowest BCUT2D eigenvalue weighted by atomic mass is 10.2. The van der Waals surface area contributed by atoms with Gasteiger partial charge in [0.05, 0.1) is 5.69 Å². The Morgan fingerprint density at radius 2 is 2.00 bits per heavy atom. The highest BCUT2D eigenvalue weighted by atomic mass is 32.2. The molecule has 1 fully saturated rings. The molecular formula is C20H18FN3O4S. The summed E-state index contributed by atoms with van der Waals surface area (Å²) < 4.78 is 23.7. The number of hydrogen-bond acceptors (Lipinski definition) is 6. The van der Waals surface area contributed by atoms with Gasteiger partial charge in [0, 0.05) is 24.7 Å². The highest BCUT2D eigenvalue weighted by molar-refractivity contribution is 8.15. The van der Waals surface area contributed by atoms with E-state index in [1.807, 2.05) is 6.92 Å². The van der Waals surface area contributed by atoms with Gasteiger partial charge in [0.2, 0.25) is 18.6 Å². The number of halogens is 1. The first kappa shape index (κ1) is 19.3. The van der Waals surface area contributed by atoms with Crippen LogP contribution in [0.25, 0.3) is 0 Å². The zero-order valence-electron chi connectivity index (χ0n) is 15.6. The van der Waals surface area contributed by atoms with Gasteiger partial charge in [-0.3, -0.25) is 14.5 Å². The number of carbonyl (C=O) groups is 2. The Labute approximate surface area is 170 Å². The van der Waals surface area contributed by atoms with E-state index in [0.29, 0.717) is 34.6 Å². The molecule has 150 valence electrons. The zero-order valence-corrected chi connectivity index (χ0v) is 16.4. The third-order valence-corrected chi connectivity index (χ3v) is 5.63. The molecule has 1 saturated heterocycles. The van der Waals surface area contributed by atoms with Crippen molar-refractivity contribution in [2.24, 2.45) is 4.99 Å². The summed E-state index contributed by atoms with van der Waals surface area (Å²) in [5.41, 5.74) is 1.07. The number of nitrogens with one attached hydrogen (secondary N) is 1. The topological polar surface area (TPSA) is 80.2 Å². The Balaban J connectivity index is 1.55. The predicted octanol–water partition coefficient (Wildman–Crippen LogP) is 3.53. The molecule has 0 spiro atoms. The van der Waals surface area contributed by atoms with Crippen molar-refractivity contribution in [3.63, 3.8) is 0 Å². The van der Waals surface area contributed by atoms with E-state index in [1.165, 1.54) is 36.0 Å². The van der Waals surface area contributed by atoms with E-state index in [-0.39, 0.29) is 30.8 Å². The van der Waals surface area contributed by atoms with Crippen molar-refractivity contribution in [2.75, 3.05) is 18.7 Å². The number of hydrogen-bond donors (Lipinski definition) is 1. The standard InChI is InChI=1S/C20H18FN3O4S/c1-2-24-18(25)10-17(19(26)22-13-5-3-12(21)4-6-13)29-20(24)23-14-7-8-15-16(9-14)28-11-27-15/h3-9,17H,2,10-11H2,1H3,(H,22,26)/t17-/m0/s1. The van der Waals surface area contributed by atoms with Crippen LogP contribution in [0.1, 0.15) is 13.3 Å². The summed E-state index contributed by atoms with van der Waals surface area (Å²) in [5, 5.41) is 2.53. The van der Waals surface area contributed by atoms with Crippen LogP contribution < -0.4 is 14.8 Å². The number of fused-ring (bicyclic) bond motifs is 1. The molecule has 9 heteroatoms. The summed E-state index contributed by atoms with van der Waals surface area (Å²) in [6.45, 7) is 2.46. The SMILES string of the molecule is CCN1C(=O)C[C@@H](C(=O)Nc2ccc(F)cc2)SC1=Nc1ccc2c(c1)OCO2. The lowest BCUT2D eigenvalue weighted by Gasteiger charge is -2.30. The summed E-state index contributed by atoms with van der Waals surface area (Å²) in [6, 6.07) is 10.7. The van der Waals surface area contributed by atoms with Crippen LogP contribution in [-0.2, 0) is 9.59 Å². The molecule has 2 heterocycles. The summed E-state index contributed by atoms with van der Waals surface area (Å²) in [6.07, 6.45) is 0.0612. The van der Waals surface area contributed by atoms with Crippen LogP contribution in [0.2, 0.25) is 0 Å². The molecule has 2 aromatic carbocycles. The van der Waals surface area contributed by atoms with Gasteiger partial charge in [0.15, 0.2) is 16.7 Å². The maximum atomic E-state index is 13.1. The molecule has 0 radical (unpaired) electrons. The van der Waals surface area contributed by atoms with Gasteiger partial charge in [-0.05, 0) is 43.3 Å². The van der Waals surface area contributed by atoms with Crippen LogP contribution in [0.15, 0.2) is 47.5 Å². The minimum Gasteiger partial charge on any atom is -0.454 e. The third-order valence-electron chi connectivity index (χ3n) is 4.44. The average molecular weight is 415 g/mol. The molecule has 2 aliphatic heterocycles. The Bertz CT molecular complexity index is 980. The molecule has 1 atom stereocenters. The first-order valence-electron chi connectivity index (χ1n) is 9.05. The molecule has 4 rings (SSSR count). The molecule has 1 N–H and O–H groups in total. The number of ether oxygens (including phenoxy) is 2. The average Bonchev–Trinajstić information content (AvgIpc) is 3.17. The highest BCUT2D eigenvalue weighted by Crippen LogP contribution is 2.36. The normalized spacial score (nSPS) is 19.5. The Hall–Kier alpha value is -3.07. The molecule has 0 saturated carbocycles. The number of aliphatic imine (C=N–C) groups is 1. The molecule has 2 aromatic rings. The third kappa shape index (κ3) is 4.19. The smallest absolute Gasteiger partial charge is 0.238 e. The van der Waals surface area contributed by atoms with E-state index in [4.69, 9.17) is 9.47 Å². The molecule has 2 aliphatic rings. The molecular weight excluding hydrogens is 397 g/mol. The fourth-order valence-corrected chi connectivity index (χ4v) is 4.14. The van der Waals surface area contributed by atoms with Gasteiger partial charge >= 0.3 is 0 Å². The van der Waals surface area contributed by atoms with Crippen LogP contribution >= 0.6 is 11.8 Å². The van der Waals surface area contributed by atoms with Gasteiger partial charge in [-0.2, -0.15) is 0 Å².